The monoisotopic (exact) mass is 219 g/mol. The molecule has 1 aliphatic carbocycles. The second-order valence-electron chi connectivity index (χ2n) is 4.92. The van der Waals surface area contributed by atoms with Crippen LogP contribution in [0.3, 0.4) is 0 Å². The molecule has 0 heterocycles. The Hall–Kier alpha value is -0.850. The van der Waals surface area contributed by atoms with Gasteiger partial charge in [-0.3, -0.25) is 4.99 Å². The van der Waals surface area contributed by atoms with Gasteiger partial charge in [0.2, 0.25) is 0 Å². The maximum absolute atomic E-state index is 4.65. The van der Waals surface area contributed by atoms with Gasteiger partial charge in [0.1, 0.15) is 0 Å². The van der Waals surface area contributed by atoms with Crippen molar-refractivity contribution in [2.24, 2.45) is 16.3 Å². The van der Waals surface area contributed by atoms with Gasteiger partial charge in [0.05, 0.1) is 0 Å². The molecule has 1 rings (SSSR count). The molecule has 0 aliphatic heterocycles. The van der Waals surface area contributed by atoms with Crippen LogP contribution in [-0.4, -0.2) is 5.71 Å². The number of rotatable bonds is 6. The van der Waals surface area contributed by atoms with E-state index in [0.29, 0.717) is 5.41 Å². The predicted octanol–water partition coefficient (Wildman–Crippen LogP) is 4.75. The summed E-state index contributed by atoms with van der Waals surface area (Å²) < 4.78 is 0. The van der Waals surface area contributed by atoms with Crippen LogP contribution in [-0.2, 0) is 0 Å². The molecule has 0 radical (unpaired) electrons. The molecule has 0 aromatic heterocycles. The summed E-state index contributed by atoms with van der Waals surface area (Å²) in [6.45, 7) is 12.8. The summed E-state index contributed by atoms with van der Waals surface area (Å²) in [7, 11) is 0. The molecule has 0 spiro atoms. The average Bonchev–Trinajstić information content (AvgIpc) is 2.94. The van der Waals surface area contributed by atoms with Crippen molar-refractivity contribution < 1.29 is 0 Å². The molecular formula is C15H25N. The highest BCUT2D eigenvalue weighted by Gasteiger charge is 2.53. The molecule has 0 aromatic carbocycles. The zero-order chi connectivity index (χ0) is 12.2. The van der Waals surface area contributed by atoms with Gasteiger partial charge in [0.25, 0.3) is 0 Å². The van der Waals surface area contributed by atoms with Gasteiger partial charge in [-0.15, -0.1) is 0 Å². The fraction of sp³-hybridized carbons (Fsp3) is 0.667. The Morgan fingerprint density at radius 1 is 1.50 bits per heavy atom. The molecule has 90 valence electrons. The average molecular weight is 219 g/mol. The third kappa shape index (κ3) is 2.63. The highest BCUT2D eigenvalue weighted by molar-refractivity contribution is 5.93. The Balaban J connectivity index is 2.75. The maximum atomic E-state index is 4.65. The van der Waals surface area contributed by atoms with Crippen molar-refractivity contribution in [1.82, 2.24) is 0 Å². The second-order valence-corrected chi connectivity index (χ2v) is 4.92. The van der Waals surface area contributed by atoms with E-state index in [1.54, 1.807) is 0 Å². The van der Waals surface area contributed by atoms with Gasteiger partial charge < -0.3 is 0 Å². The Morgan fingerprint density at radius 2 is 2.19 bits per heavy atom. The lowest BCUT2D eigenvalue weighted by molar-refractivity contribution is 0.473. The Bertz CT molecular complexity index is 311. The lowest BCUT2D eigenvalue weighted by Crippen LogP contribution is -2.07. The van der Waals surface area contributed by atoms with Gasteiger partial charge in [-0.2, -0.15) is 0 Å². The number of hydrogen-bond acceptors (Lipinski definition) is 1. The van der Waals surface area contributed by atoms with Gasteiger partial charge in [0.15, 0.2) is 0 Å². The van der Waals surface area contributed by atoms with E-state index in [9.17, 15) is 0 Å². The normalized spacial score (nSPS) is 29.8. The first-order valence-corrected chi connectivity index (χ1v) is 6.48. The van der Waals surface area contributed by atoms with Crippen LogP contribution in [0.25, 0.3) is 0 Å². The standard InChI is InChI=1S/C15H25N/c1-6-9-12(4)16-13(5)15(10-7-2)11-14(15)8-3/h6,9,14H,5,7-8,10-11H2,1-4H3/b9-6-,16-12?. The minimum absolute atomic E-state index is 0.340. The van der Waals surface area contributed by atoms with E-state index in [1.165, 1.54) is 25.7 Å². The van der Waals surface area contributed by atoms with Crippen LogP contribution in [0, 0.1) is 11.3 Å². The van der Waals surface area contributed by atoms with Crippen LogP contribution < -0.4 is 0 Å². The third-order valence-corrected chi connectivity index (χ3v) is 3.71. The van der Waals surface area contributed by atoms with E-state index in [4.69, 9.17) is 0 Å². The lowest BCUT2D eigenvalue weighted by Gasteiger charge is -2.16. The van der Waals surface area contributed by atoms with E-state index < -0.39 is 0 Å². The molecule has 0 aromatic rings. The molecule has 1 fully saturated rings. The second kappa shape index (κ2) is 5.47. The molecule has 0 saturated heterocycles. The number of allylic oxidation sites excluding steroid dienone is 3. The lowest BCUT2D eigenvalue weighted by atomic mass is 9.93. The molecule has 2 atom stereocenters. The molecule has 1 aliphatic rings. The summed E-state index contributed by atoms with van der Waals surface area (Å²) >= 11 is 0. The van der Waals surface area contributed by atoms with Crippen molar-refractivity contribution in [2.45, 2.75) is 53.4 Å². The first-order valence-electron chi connectivity index (χ1n) is 6.48. The minimum atomic E-state index is 0.340. The van der Waals surface area contributed by atoms with E-state index in [2.05, 4.69) is 25.4 Å². The summed E-state index contributed by atoms with van der Waals surface area (Å²) in [5.74, 6) is 0.821. The van der Waals surface area contributed by atoms with Crippen molar-refractivity contribution in [3.8, 4) is 0 Å². The molecule has 1 saturated carbocycles. The zero-order valence-corrected chi connectivity index (χ0v) is 11.2. The van der Waals surface area contributed by atoms with E-state index in [1.807, 2.05) is 26.0 Å². The molecule has 1 nitrogen and oxygen atoms in total. The van der Waals surface area contributed by atoms with Crippen LogP contribution in [0.15, 0.2) is 29.4 Å². The fourth-order valence-electron chi connectivity index (χ4n) is 2.77. The minimum Gasteiger partial charge on any atom is -0.258 e. The maximum Gasteiger partial charge on any atom is 0.0399 e. The topological polar surface area (TPSA) is 12.4 Å². The van der Waals surface area contributed by atoms with Gasteiger partial charge in [0, 0.05) is 16.8 Å². The Labute approximate surface area is 100 Å². The van der Waals surface area contributed by atoms with E-state index >= 15 is 0 Å². The highest BCUT2D eigenvalue weighted by Crippen LogP contribution is 2.62. The summed E-state index contributed by atoms with van der Waals surface area (Å²) in [5, 5.41) is 0. The quantitative estimate of drug-likeness (QED) is 0.571. The van der Waals surface area contributed by atoms with Crippen LogP contribution in [0.5, 0.6) is 0 Å². The van der Waals surface area contributed by atoms with E-state index in [-0.39, 0.29) is 0 Å². The fourth-order valence-corrected chi connectivity index (χ4v) is 2.77. The van der Waals surface area contributed by atoms with Gasteiger partial charge in [-0.25, -0.2) is 0 Å². The van der Waals surface area contributed by atoms with Gasteiger partial charge in [-0.1, -0.05) is 39.3 Å². The van der Waals surface area contributed by atoms with Gasteiger partial charge >= 0.3 is 0 Å². The third-order valence-electron chi connectivity index (χ3n) is 3.71. The predicted molar refractivity (Wildman–Crippen MR) is 72.8 cm³/mol. The summed E-state index contributed by atoms with van der Waals surface area (Å²) in [6.07, 6.45) is 9.11. The number of aliphatic imine (C=N–C) groups is 1. The number of hydrogen-bond donors (Lipinski definition) is 0. The van der Waals surface area contributed by atoms with Crippen molar-refractivity contribution >= 4 is 5.71 Å². The Kier molecular flexibility index (Phi) is 4.52. The van der Waals surface area contributed by atoms with Crippen LogP contribution in [0.4, 0.5) is 0 Å². The van der Waals surface area contributed by atoms with Crippen molar-refractivity contribution in [1.29, 1.82) is 0 Å². The number of nitrogens with zero attached hydrogens (tertiary/aromatic N) is 1. The Morgan fingerprint density at radius 3 is 2.62 bits per heavy atom. The van der Waals surface area contributed by atoms with Crippen LogP contribution >= 0.6 is 0 Å². The molecule has 1 heteroatoms. The largest absolute Gasteiger partial charge is 0.258 e. The van der Waals surface area contributed by atoms with Crippen molar-refractivity contribution in [2.75, 3.05) is 0 Å². The van der Waals surface area contributed by atoms with Crippen molar-refractivity contribution in [3.63, 3.8) is 0 Å². The van der Waals surface area contributed by atoms with E-state index in [0.717, 1.165) is 17.3 Å². The van der Waals surface area contributed by atoms with Crippen LogP contribution in [0.1, 0.15) is 53.4 Å². The zero-order valence-electron chi connectivity index (χ0n) is 11.2. The summed E-state index contributed by atoms with van der Waals surface area (Å²) in [6, 6.07) is 0. The highest BCUT2D eigenvalue weighted by atomic mass is 14.8. The molecule has 0 amide bonds. The van der Waals surface area contributed by atoms with Crippen LogP contribution in [0.2, 0.25) is 0 Å². The molecule has 0 bridgehead atoms. The van der Waals surface area contributed by atoms with Gasteiger partial charge in [-0.05, 0) is 38.7 Å². The molecular weight excluding hydrogens is 194 g/mol. The summed E-state index contributed by atoms with van der Waals surface area (Å²) in [4.78, 5) is 4.65. The first kappa shape index (κ1) is 13.2. The van der Waals surface area contributed by atoms with Crippen molar-refractivity contribution in [3.05, 3.63) is 24.4 Å². The smallest absolute Gasteiger partial charge is 0.0399 e. The molecule has 0 N–H and O–H groups in total. The first-order chi connectivity index (χ1) is 7.60. The molecule has 16 heavy (non-hydrogen) atoms. The molecule has 2 unspecified atom stereocenters. The SMILES string of the molecule is C=C(N=C(C)/C=C\C)C1(CCC)CC1CC. The summed E-state index contributed by atoms with van der Waals surface area (Å²) in [5.41, 5.74) is 2.52.